The maximum atomic E-state index is 2.37. The monoisotopic (exact) mass is 318 g/mol. The molecule has 0 bridgehead atoms. The number of benzene rings is 1. The number of quaternary nitrogens is 1. The fourth-order valence-electron chi connectivity index (χ4n) is 3.29. The smallest absolute Gasteiger partial charge is 0.104 e. The van der Waals surface area contributed by atoms with E-state index in [9.17, 15) is 0 Å². The van der Waals surface area contributed by atoms with E-state index in [2.05, 4.69) is 52.2 Å². The van der Waals surface area contributed by atoms with Gasteiger partial charge in [-0.25, -0.2) is 0 Å². The van der Waals surface area contributed by atoms with Gasteiger partial charge in [0.15, 0.2) is 0 Å². The van der Waals surface area contributed by atoms with Gasteiger partial charge in [0.2, 0.25) is 0 Å². The van der Waals surface area contributed by atoms with Crippen LogP contribution in [-0.4, -0.2) is 25.1 Å². The Morgan fingerprint density at radius 2 is 1.17 bits per heavy atom. The molecule has 132 valence electrons. The number of hydrogen-bond donors (Lipinski definition) is 0. The lowest BCUT2D eigenvalue weighted by Gasteiger charge is -2.30. The van der Waals surface area contributed by atoms with E-state index in [1.54, 1.807) is 0 Å². The Balaban J connectivity index is 2.04. The number of aryl methyl sites for hydroxylation is 1. The fraction of sp³-hybridized carbons (Fsp3) is 0.727. The molecule has 1 nitrogen and oxygen atoms in total. The maximum Gasteiger partial charge on any atom is 0.104 e. The second kappa shape index (κ2) is 11.7. The number of hydrogen-bond acceptors (Lipinski definition) is 0. The van der Waals surface area contributed by atoms with E-state index in [1.165, 1.54) is 81.9 Å². The van der Waals surface area contributed by atoms with Crippen LogP contribution in [0.4, 0.5) is 0 Å². The summed E-state index contributed by atoms with van der Waals surface area (Å²) in [6.45, 7) is 6.90. The third-order valence-electron chi connectivity index (χ3n) is 4.85. The molecule has 0 saturated heterocycles. The minimum Gasteiger partial charge on any atom is -0.325 e. The van der Waals surface area contributed by atoms with Crippen LogP contribution < -0.4 is 0 Å². The molecule has 1 aromatic rings. The summed E-state index contributed by atoms with van der Waals surface area (Å²) >= 11 is 0. The van der Waals surface area contributed by atoms with Crippen LogP contribution in [0.15, 0.2) is 24.3 Å². The normalized spacial score (nSPS) is 11.8. The van der Waals surface area contributed by atoms with Crippen LogP contribution in [0, 0.1) is 6.92 Å². The highest BCUT2D eigenvalue weighted by Crippen LogP contribution is 2.14. The Morgan fingerprint density at radius 1 is 0.696 bits per heavy atom. The highest BCUT2D eigenvalue weighted by atomic mass is 15.3. The zero-order valence-corrected chi connectivity index (χ0v) is 16.2. The van der Waals surface area contributed by atoms with Crippen molar-refractivity contribution in [2.75, 3.05) is 20.6 Å². The summed E-state index contributed by atoms with van der Waals surface area (Å²) in [5.74, 6) is 0. The van der Waals surface area contributed by atoms with Crippen molar-refractivity contribution in [1.29, 1.82) is 0 Å². The van der Waals surface area contributed by atoms with Crippen LogP contribution >= 0.6 is 0 Å². The van der Waals surface area contributed by atoms with Crippen molar-refractivity contribution in [3.8, 4) is 0 Å². The van der Waals surface area contributed by atoms with Gasteiger partial charge >= 0.3 is 0 Å². The van der Waals surface area contributed by atoms with Crippen LogP contribution in [0.3, 0.4) is 0 Å². The van der Waals surface area contributed by atoms with Crippen molar-refractivity contribution in [3.63, 3.8) is 0 Å². The average molecular weight is 319 g/mol. The Morgan fingerprint density at radius 3 is 1.70 bits per heavy atom. The molecule has 1 heteroatoms. The van der Waals surface area contributed by atoms with Crippen molar-refractivity contribution < 1.29 is 4.48 Å². The number of unbranched alkanes of at least 4 members (excludes halogenated alkanes) is 9. The lowest BCUT2D eigenvalue weighted by atomic mass is 10.1. The third kappa shape index (κ3) is 10.5. The molecule has 0 aliphatic rings. The summed E-state index contributed by atoms with van der Waals surface area (Å²) in [4.78, 5) is 0. The van der Waals surface area contributed by atoms with Gasteiger partial charge in [-0.2, -0.15) is 0 Å². The first-order chi connectivity index (χ1) is 11.0. The summed E-state index contributed by atoms with van der Waals surface area (Å²) in [6.07, 6.45) is 14.2. The minimum absolute atomic E-state index is 1.11. The molecule has 0 aliphatic heterocycles. The minimum atomic E-state index is 1.11. The molecule has 0 aliphatic carbocycles. The zero-order chi connectivity index (χ0) is 17.0. The van der Waals surface area contributed by atoms with E-state index >= 15 is 0 Å². The summed E-state index contributed by atoms with van der Waals surface area (Å²) in [5.41, 5.74) is 2.82. The Bertz CT molecular complexity index is 391. The topological polar surface area (TPSA) is 0 Å². The predicted molar refractivity (Wildman–Crippen MR) is 104 cm³/mol. The van der Waals surface area contributed by atoms with Gasteiger partial charge in [0.1, 0.15) is 6.54 Å². The predicted octanol–water partition coefficient (Wildman–Crippen LogP) is 6.49. The molecule has 1 rings (SSSR count). The molecule has 0 spiro atoms. The molecule has 0 saturated carbocycles. The van der Waals surface area contributed by atoms with E-state index in [0.29, 0.717) is 0 Å². The maximum absolute atomic E-state index is 2.37. The van der Waals surface area contributed by atoms with Crippen molar-refractivity contribution in [2.45, 2.75) is 84.6 Å². The highest BCUT2D eigenvalue weighted by molar-refractivity contribution is 5.20. The van der Waals surface area contributed by atoms with Crippen LogP contribution in [0.2, 0.25) is 0 Å². The first-order valence-electron chi connectivity index (χ1n) is 9.91. The van der Waals surface area contributed by atoms with E-state index in [4.69, 9.17) is 0 Å². The summed E-state index contributed by atoms with van der Waals surface area (Å²) in [7, 11) is 4.74. The zero-order valence-electron chi connectivity index (χ0n) is 16.2. The van der Waals surface area contributed by atoms with Crippen molar-refractivity contribution in [2.24, 2.45) is 0 Å². The van der Waals surface area contributed by atoms with E-state index in [1.807, 2.05) is 0 Å². The van der Waals surface area contributed by atoms with Crippen LogP contribution in [0.5, 0.6) is 0 Å². The second-order valence-corrected chi connectivity index (χ2v) is 7.99. The molecule has 0 atom stereocenters. The molecule has 0 radical (unpaired) electrons. The lowest BCUT2D eigenvalue weighted by Crippen LogP contribution is -2.39. The summed E-state index contributed by atoms with van der Waals surface area (Å²) < 4.78 is 1.11. The first kappa shape index (κ1) is 20.2. The van der Waals surface area contributed by atoms with Gasteiger partial charge in [-0.15, -0.1) is 0 Å². The molecular weight excluding hydrogens is 278 g/mol. The number of rotatable bonds is 13. The molecule has 23 heavy (non-hydrogen) atoms. The van der Waals surface area contributed by atoms with Gasteiger partial charge in [-0.3, -0.25) is 0 Å². The van der Waals surface area contributed by atoms with E-state index in [-0.39, 0.29) is 0 Å². The molecule has 0 unspecified atom stereocenters. The number of nitrogens with zero attached hydrogens (tertiary/aromatic N) is 1. The van der Waals surface area contributed by atoms with Crippen molar-refractivity contribution in [3.05, 3.63) is 35.4 Å². The van der Waals surface area contributed by atoms with Gasteiger partial charge < -0.3 is 4.48 Å². The first-order valence-corrected chi connectivity index (χ1v) is 9.91. The molecule has 0 fully saturated rings. The molecule has 1 aromatic carbocycles. The molecule has 0 N–H and O–H groups in total. The quantitative estimate of drug-likeness (QED) is 0.288. The van der Waals surface area contributed by atoms with Gasteiger partial charge in [0, 0.05) is 5.56 Å². The lowest BCUT2D eigenvalue weighted by molar-refractivity contribution is -0.903. The standard InChI is InChI=1S/C22H40N/c1-5-6-7-8-9-10-11-12-13-14-19-23(3,4)20-22-17-15-21(2)16-18-22/h15-18H,5-14,19-20H2,1-4H3/q+1. The SMILES string of the molecule is CCCCCCCCCCCC[N+](C)(C)Cc1ccc(C)cc1. The molecule has 0 amide bonds. The van der Waals surface area contributed by atoms with Gasteiger partial charge in [-0.05, 0) is 19.8 Å². The van der Waals surface area contributed by atoms with E-state index in [0.717, 1.165) is 11.0 Å². The van der Waals surface area contributed by atoms with Crippen LogP contribution in [0.25, 0.3) is 0 Å². The fourth-order valence-corrected chi connectivity index (χ4v) is 3.29. The Hall–Kier alpha value is -0.820. The van der Waals surface area contributed by atoms with E-state index < -0.39 is 0 Å². The molecule has 0 heterocycles. The largest absolute Gasteiger partial charge is 0.325 e. The average Bonchev–Trinajstić information content (AvgIpc) is 2.51. The highest BCUT2D eigenvalue weighted by Gasteiger charge is 2.15. The second-order valence-electron chi connectivity index (χ2n) is 7.99. The van der Waals surface area contributed by atoms with Crippen LogP contribution in [-0.2, 0) is 6.54 Å². The van der Waals surface area contributed by atoms with Crippen molar-refractivity contribution >= 4 is 0 Å². The van der Waals surface area contributed by atoms with Crippen LogP contribution in [0.1, 0.15) is 82.3 Å². The summed E-state index contributed by atoms with van der Waals surface area (Å²) in [6, 6.07) is 9.04. The Kier molecular flexibility index (Phi) is 10.3. The molecular formula is C22H40N+. The van der Waals surface area contributed by atoms with Gasteiger partial charge in [-0.1, -0.05) is 88.1 Å². The third-order valence-corrected chi connectivity index (χ3v) is 4.85. The van der Waals surface area contributed by atoms with Gasteiger partial charge in [0.25, 0.3) is 0 Å². The van der Waals surface area contributed by atoms with Crippen molar-refractivity contribution in [1.82, 2.24) is 0 Å². The van der Waals surface area contributed by atoms with Gasteiger partial charge in [0.05, 0.1) is 20.6 Å². The molecule has 0 aromatic heterocycles. The Labute approximate surface area is 145 Å². The summed E-state index contributed by atoms with van der Waals surface area (Å²) in [5, 5.41) is 0.